The van der Waals surface area contributed by atoms with Crippen LogP contribution in [0.15, 0.2) is 36.1 Å². The Labute approximate surface area is 75.9 Å². The van der Waals surface area contributed by atoms with Crippen LogP contribution in [0.1, 0.15) is 27.2 Å². The maximum Gasteiger partial charge on any atom is 0.0363 e. The molecule has 1 heteroatoms. The summed E-state index contributed by atoms with van der Waals surface area (Å²) in [4.78, 5) is 0. The van der Waals surface area contributed by atoms with Crippen LogP contribution in [0.3, 0.4) is 0 Å². The first-order valence-corrected chi connectivity index (χ1v) is 4.45. The van der Waals surface area contributed by atoms with Gasteiger partial charge >= 0.3 is 0 Å². The van der Waals surface area contributed by atoms with Crippen molar-refractivity contribution in [3.05, 3.63) is 36.1 Å². The van der Waals surface area contributed by atoms with E-state index in [-0.39, 0.29) is 0 Å². The first kappa shape index (κ1) is 11.0. The van der Waals surface area contributed by atoms with E-state index in [2.05, 4.69) is 24.9 Å². The van der Waals surface area contributed by atoms with Crippen molar-refractivity contribution in [2.24, 2.45) is 0 Å². The predicted octanol–water partition coefficient (Wildman–Crippen LogP) is 3.02. The maximum atomic E-state index is 3.90. The third-order valence-electron chi connectivity index (χ3n) is 1.48. The molecule has 0 aliphatic carbocycles. The molecule has 0 saturated heterocycles. The number of allylic oxidation sites excluding steroid dienone is 4. The molecule has 0 fully saturated rings. The summed E-state index contributed by atoms with van der Waals surface area (Å²) in [6.45, 7) is 11.1. The highest BCUT2D eigenvalue weighted by Gasteiger charge is 1.92. The van der Waals surface area contributed by atoms with Gasteiger partial charge in [-0.2, -0.15) is 0 Å². The largest absolute Gasteiger partial charge is 0.385 e. The van der Waals surface area contributed by atoms with Crippen LogP contribution in [0.2, 0.25) is 0 Å². The molecule has 0 radical (unpaired) electrons. The van der Waals surface area contributed by atoms with E-state index in [0.29, 0.717) is 0 Å². The fourth-order valence-corrected chi connectivity index (χ4v) is 0.804. The van der Waals surface area contributed by atoms with Gasteiger partial charge in [0, 0.05) is 12.2 Å². The quantitative estimate of drug-likeness (QED) is 0.617. The average molecular weight is 165 g/mol. The Bertz CT molecular complexity index is 187. The molecule has 0 aliphatic rings. The summed E-state index contributed by atoms with van der Waals surface area (Å²) in [5.41, 5.74) is 2.22. The Balaban J connectivity index is 4.13. The van der Waals surface area contributed by atoms with Gasteiger partial charge in [0.2, 0.25) is 0 Å². The SMILES string of the molecule is C=C(C)/C(=C\C=C/C)NCCC. The lowest BCUT2D eigenvalue weighted by Gasteiger charge is -2.08. The predicted molar refractivity (Wildman–Crippen MR) is 56.0 cm³/mol. The highest BCUT2D eigenvalue weighted by Crippen LogP contribution is 2.02. The van der Waals surface area contributed by atoms with Gasteiger partial charge in [0.1, 0.15) is 0 Å². The lowest BCUT2D eigenvalue weighted by molar-refractivity contribution is 0.776. The first-order chi connectivity index (χ1) is 5.72. The minimum absolute atomic E-state index is 1.01. The van der Waals surface area contributed by atoms with Crippen LogP contribution < -0.4 is 5.32 Å². The van der Waals surface area contributed by atoms with Gasteiger partial charge in [0.25, 0.3) is 0 Å². The third kappa shape index (κ3) is 4.78. The molecule has 0 aromatic rings. The number of hydrogen-bond donors (Lipinski definition) is 1. The third-order valence-corrected chi connectivity index (χ3v) is 1.48. The minimum Gasteiger partial charge on any atom is -0.385 e. The monoisotopic (exact) mass is 165 g/mol. The number of nitrogens with one attached hydrogen (secondary N) is 1. The average Bonchev–Trinajstić information content (AvgIpc) is 2.04. The highest BCUT2D eigenvalue weighted by atomic mass is 14.9. The van der Waals surface area contributed by atoms with Crippen molar-refractivity contribution in [1.29, 1.82) is 0 Å². The molecule has 0 aliphatic heterocycles. The first-order valence-electron chi connectivity index (χ1n) is 4.45. The minimum atomic E-state index is 1.01. The molecule has 0 spiro atoms. The molecule has 0 heterocycles. The van der Waals surface area contributed by atoms with Gasteiger partial charge in [0.05, 0.1) is 0 Å². The standard InChI is InChI=1S/C11H19N/c1-5-7-8-11(10(3)4)12-9-6-2/h5,7-8,12H,3,6,9H2,1-2,4H3/b7-5-,11-8+. The zero-order chi connectivity index (χ0) is 9.40. The smallest absolute Gasteiger partial charge is 0.0363 e. The van der Waals surface area contributed by atoms with E-state index in [9.17, 15) is 0 Å². The Morgan fingerprint density at radius 2 is 2.17 bits per heavy atom. The summed E-state index contributed by atoms with van der Waals surface area (Å²) < 4.78 is 0. The van der Waals surface area contributed by atoms with Crippen molar-refractivity contribution in [2.75, 3.05) is 6.54 Å². The Hall–Kier alpha value is -0.980. The summed E-state index contributed by atoms with van der Waals surface area (Å²) in [7, 11) is 0. The van der Waals surface area contributed by atoms with E-state index < -0.39 is 0 Å². The van der Waals surface area contributed by atoms with Gasteiger partial charge in [-0.25, -0.2) is 0 Å². The fraction of sp³-hybridized carbons (Fsp3) is 0.455. The van der Waals surface area contributed by atoms with E-state index in [0.717, 1.165) is 24.2 Å². The van der Waals surface area contributed by atoms with Crippen molar-refractivity contribution in [1.82, 2.24) is 5.32 Å². The molecule has 0 aromatic heterocycles. The van der Waals surface area contributed by atoms with Gasteiger partial charge < -0.3 is 5.32 Å². The van der Waals surface area contributed by atoms with Crippen molar-refractivity contribution in [2.45, 2.75) is 27.2 Å². The molecule has 1 nitrogen and oxygen atoms in total. The number of rotatable bonds is 5. The van der Waals surface area contributed by atoms with E-state index in [1.54, 1.807) is 0 Å². The zero-order valence-corrected chi connectivity index (χ0v) is 8.35. The second kappa shape index (κ2) is 6.71. The Morgan fingerprint density at radius 3 is 2.58 bits per heavy atom. The topological polar surface area (TPSA) is 12.0 Å². The van der Waals surface area contributed by atoms with Crippen LogP contribution in [0.25, 0.3) is 0 Å². The lowest BCUT2D eigenvalue weighted by atomic mass is 10.2. The molecule has 12 heavy (non-hydrogen) atoms. The Morgan fingerprint density at radius 1 is 1.50 bits per heavy atom. The molecule has 0 saturated carbocycles. The van der Waals surface area contributed by atoms with Gasteiger partial charge in [-0.1, -0.05) is 25.7 Å². The van der Waals surface area contributed by atoms with Gasteiger partial charge in [0.15, 0.2) is 0 Å². The van der Waals surface area contributed by atoms with E-state index in [1.165, 1.54) is 0 Å². The molecule has 68 valence electrons. The molecule has 0 aromatic carbocycles. The maximum absolute atomic E-state index is 3.90. The van der Waals surface area contributed by atoms with Crippen molar-refractivity contribution in [3.63, 3.8) is 0 Å². The molecule has 1 N–H and O–H groups in total. The molecule has 0 unspecified atom stereocenters. The molecule has 0 rings (SSSR count). The summed E-state index contributed by atoms with van der Waals surface area (Å²) in [5, 5.41) is 3.31. The van der Waals surface area contributed by atoms with Gasteiger partial charge in [-0.05, 0) is 31.9 Å². The van der Waals surface area contributed by atoms with E-state index in [4.69, 9.17) is 0 Å². The Kier molecular flexibility index (Phi) is 6.16. The van der Waals surface area contributed by atoms with E-state index >= 15 is 0 Å². The van der Waals surface area contributed by atoms with E-state index in [1.807, 2.05) is 26.0 Å². The summed E-state index contributed by atoms with van der Waals surface area (Å²) >= 11 is 0. The number of hydrogen-bond acceptors (Lipinski definition) is 1. The van der Waals surface area contributed by atoms with Gasteiger partial charge in [-0.15, -0.1) is 0 Å². The molecule has 0 bridgehead atoms. The highest BCUT2D eigenvalue weighted by molar-refractivity contribution is 5.28. The van der Waals surface area contributed by atoms with Crippen LogP contribution in [0, 0.1) is 0 Å². The lowest BCUT2D eigenvalue weighted by Crippen LogP contribution is -2.14. The molecular formula is C11H19N. The zero-order valence-electron chi connectivity index (χ0n) is 8.35. The van der Waals surface area contributed by atoms with Crippen LogP contribution in [0.5, 0.6) is 0 Å². The van der Waals surface area contributed by atoms with Crippen LogP contribution in [-0.4, -0.2) is 6.54 Å². The summed E-state index contributed by atoms with van der Waals surface area (Å²) in [5.74, 6) is 0. The van der Waals surface area contributed by atoms with Crippen LogP contribution in [-0.2, 0) is 0 Å². The summed E-state index contributed by atoms with van der Waals surface area (Å²) in [6, 6.07) is 0. The second-order valence-corrected chi connectivity index (χ2v) is 2.81. The fourth-order valence-electron chi connectivity index (χ4n) is 0.804. The van der Waals surface area contributed by atoms with Gasteiger partial charge in [-0.3, -0.25) is 0 Å². The molecule has 0 atom stereocenters. The second-order valence-electron chi connectivity index (χ2n) is 2.81. The van der Waals surface area contributed by atoms with Crippen molar-refractivity contribution >= 4 is 0 Å². The van der Waals surface area contributed by atoms with Crippen molar-refractivity contribution in [3.8, 4) is 0 Å². The van der Waals surface area contributed by atoms with Crippen LogP contribution in [0.4, 0.5) is 0 Å². The summed E-state index contributed by atoms with van der Waals surface area (Å²) in [6.07, 6.45) is 7.22. The molecular weight excluding hydrogens is 146 g/mol. The van der Waals surface area contributed by atoms with Crippen molar-refractivity contribution < 1.29 is 0 Å². The van der Waals surface area contributed by atoms with Crippen LogP contribution >= 0.6 is 0 Å². The molecule has 0 amide bonds. The normalized spacial score (nSPS) is 12.1.